The molecule has 118 valence electrons. The van der Waals surface area contributed by atoms with Gasteiger partial charge in [-0.05, 0) is 54.3 Å². The Morgan fingerprint density at radius 1 is 1.09 bits per heavy atom. The van der Waals surface area contributed by atoms with Crippen LogP contribution >= 0.6 is 11.6 Å². The molecular formula is C17H14ClFN2O2. The van der Waals surface area contributed by atoms with Gasteiger partial charge in [0.1, 0.15) is 5.82 Å². The lowest BCUT2D eigenvalue weighted by molar-refractivity contribution is 0.0938. The molecule has 3 N–H and O–H groups in total. The first-order valence-corrected chi connectivity index (χ1v) is 7.49. The first kappa shape index (κ1) is 15.5. The van der Waals surface area contributed by atoms with Gasteiger partial charge in [0.2, 0.25) is 5.91 Å². The molecule has 3 rings (SSSR count). The minimum Gasteiger partial charge on any atom is -0.366 e. The predicted molar refractivity (Wildman–Crippen MR) is 85.0 cm³/mol. The van der Waals surface area contributed by atoms with E-state index in [1.54, 1.807) is 0 Å². The number of halogens is 2. The zero-order chi connectivity index (χ0) is 16.6. The highest BCUT2D eigenvalue weighted by molar-refractivity contribution is 6.30. The van der Waals surface area contributed by atoms with Gasteiger partial charge < -0.3 is 11.1 Å². The first-order valence-electron chi connectivity index (χ1n) is 7.11. The maximum atomic E-state index is 13.5. The third kappa shape index (κ3) is 3.35. The molecule has 4 nitrogen and oxygen atoms in total. The summed E-state index contributed by atoms with van der Waals surface area (Å²) in [5.74, 6) is -1.88. The Morgan fingerprint density at radius 2 is 1.78 bits per heavy atom. The number of benzene rings is 2. The summed E-state index contributed by atoms with van der Waals surface area (Å²) in [6, 6.07) is 8.94. The van der Waals surface area contributed by atoms with E-state index in [0.29, 0.717) is 17.9 Å². The number of nitrogens with one attached hydrogen (secondary N) is 1. The van der Waals surface area contributed by atoms with Crippen LogP contribution in [0.1, 0.15) is 31.8 Å². The van der Waals surface area contributed by atoms with E-state index in [1.165, 1.54) is 6.07 Å². The second-order valence-electron chi connectivity index (χ2n) is 5.58. The van der Waals surface area contributed by atoms with Crippen molar-refractivity contribution >= 4 is 23.4 Å². The molecule has 6 heteroatoms. The molecule has 0 heterocycles. The standard InChI is InChI=1S/C17H14ClFN2O2/c18-13-2-1-9-7-15(8-10(9)4-13)21-17(23)12-3-11(16(20)22)5-14(19)6-12/h1-6,15H,7-8H2,(H2,20,22)(H,21,23). The van der Waals surface area contributed by atoms with Crippen LogP contribution in [-0.4, -0.2) is 17.9 Å². The molecule has 2 aromatic carbocycles. The largest absolute Gasteiger partial charge is 0.366 e. The lowest BCUT2D eigenvalue weighted by atomic mass is 10.1. The van der Waals surface area contributed by atoms with Gasteiger partial charge in [-0.15, -0.1) is 0 Å². The van der Waals surface area contributed by atoms with Crippen molar-refractivity contribution in [3.63, 3.8) is 0 Å². The summed E-state index contributed by atoms with van der Waals surface area (Å²) in [6.45, 7) is 0. The highest BCUT2D eigenvalue weighted by Gasteiger charge is 2.24. The zero-order valence-corrected chi connectivity index (χ0v) is 12.9. The maximum absolute atomic E-state index is 13.5. The van der Waals surface area contributed by atoms with Crippen molar-refractivity contribution in [2.24, 2.45) is 5.73 Å². The third-order valence-electron chi connectivity index (χ3n) is 3.88. The Kier molecular flexibility index (Phi) is 4.05. The van der Waals surface area contributed by atoms with E-state index >= 15 is 0 Å². The summed E-state index contributed by atoms with van der Waals surface area (Å²) in [5, 5.41) is 3.51. The molecule has 0 spiro atoms. The molecule has 1 unspecified atom stereocenters. The van der Waals surface area contributed by atoms with Gasteiger partial charge in [0.15, 0.2) is 0 Å². The lowest BCUT2D eigenvalue weighted by Gasteiger charge is -2.12. The molecular weight excluding hydrogens is 319 g/mol. The molecule has 0 radical (unpaired) electrons. The van der Waals surface area contributed by atoms with E-state index in [4.69, 9.17) is 17.3 Å². The van der Waals surface area contributed by atoms with Crippen molar-refractivity contribution in [1.82, 2.24) is 5.32 Å². The van der Waals surface area contributed by atoms with Crippen molar-refractivity contribution < 1.29 is 14.0 Å². The summed E-state index contributed by atoms with van der Waals surface area (Å²) in [7, 11) is 0. The van der Waals surface area contributed by atoms with Crippen LogP contribution in [0.5, 0.6) is 0 Å². The van der Waals surface area contributed by atoms with Crippen LogP contribution in [0.25, 0.3) is 0 Å². The van der Waals surface area contributed by atoms with Gasteiger partial charge in [-0.3, -0.25) is 9.59 Å². The maximum Gasteiger partial charge on any atom is 0.251 e. The molecule has 0 aliphatic heterocycles. The molecule has 0 fully saturated rings. The summed E-state index contributed by atoms with van der Waals surface area (Å²) >= 11 is 5.96. The van der Waals surface area contributed by atoms with Gasteiger partial charge in [0.25, 0.3) is 5.91 Å². The quantitative estimate of drug-likeness (QED) is 0.906. The molecule has 1 atom stereocenters. The summed E-state index contributed by atoms with van der Waals surface area (Å²) in [5.41, 5.74) is 7.42. The molecule has 0 aromatic heterocycles. The van der Waals surface area contributed by atoms with Crippen LogP contribution in [0.15, 0.2) is 36.4 Å². The number of amides is 2. The minimum absolute atomic E-state index is 0.0309. The van der Waals surface area contributed by atoms with Gasteiger partial charge in [-0.1, -0.05) is 17.7 Å². The number of rotatable bonds is 3. The number of primary amides is 1. The van der Waals surface area contributed by atoms with Crippen molar-refractivity contribution in [3.05, 3.63) is 69.5 Å². The SMILES string of the molecule is NC(=O)c1cc(F)cc(C(=O)NC2Cc3ccc(Cl)cc3C2)c1. The number of hydrogen-bond acceptors (Lipinski definition) is 2. The number of carbonyl (C=O) groups excluding carboxylic acids is 2. The number of hydrogen-bond donors (Lipinski definition) is 2. The van der Waals surface area contributed by atoms with Crippen molar-refractivity contribution in [2.75, 3.05) is 0 Å². The Morgan fingerprint density at radius 3 is 2.52 bits per heavy atom. The topological polar surface area (TPSA) is 72.2 Å². The minimum atomic E-state index is -0.776. The van der Waals surface area contributed by atoms with Gasteiger partial charge in [0, 0.05) is 22.2 Å². The summed E-state index contributed by atoms with van der Waals surface area (Å²) < 4.78 is 13.5. The van der Waals surface area contributed by atoms with Crippen LogP contribution in [0, 0.1) is 5.82 Å². The Balaban J connectivity index is 1.75. The number of fused-ring (bicyclic) bond motifs is 1. The van der Waals surface area contributed by atoms with Gasteiger partial charge in [0.05, 0.1) is 0 Å². The van der Waals surface area contributed by atoms with E-state index in [2.05, 4.69) is 5.32 Å². The second-order valence-corrected chi connectivity index (χ2v) is 6.02. The van der Waals surface area contributed by atoms with Crippen LogP contribution in [0.4, 0.5) is 4.39 Å². The van der Waals surface area contributed by atoms with Crippen molar-refractivity contribution in [3.8, 4) is 0 Å². The molecule has 1 aliphatic rings. The molecule has 2 aromatic rings. The zero-order valence-electron chi connectivity index (χ0n) is 12.1. The number of nitrogens with two attached hydrogens (primary N) is 1. The average molecular weight is 333 g/mol. The average Bonchev–Trinajstić information content (AvgIpc) is 2.87. The first-order chi connectivity index (χ1) is 10.9. The second kappa shape index (κ2) is 6.01. The number of carbonyl (C=O) groups is 2. The van der Waals surface area contributed by atoms with E-state index < -0.39 is 17.6 Å². The van der Waals surface area contributed by atoms with Crippen molar-refractivity contribution in [2.45, 2.75) is 18.9 Å². The molecule has 2 amide bonds. The van der Waals surface area contributed by atoms with Gasteiger partial charge in [-0.25, -0.2) is 4.39 Å². The fourth-order valence-electron chi connectivity index (χ4n) is 2.82. The van der Waals surface area contributed by atoms with E-state index in [0.717, 1.165) is 23.3 Å². The monoisotopic (exact) mass is 332 g/mol. The molecule has 0 bridgehead atoms. The van der Waals surface area contributed by atoms with Crippen LogP contribution < -0.4 is 11.1 Å². The fourth-order valence-corrected chi connectivity index (χ4v) is 3.02. The molecule has 23 heavy (non-hydrogen) atoms. The fraction of sp³-hybridized carbons (Fsp3) is 0.176. The van der Waals surface area contributed by atoms with Crippen LogP contribution in [0.2, 0.25) is 5.02 Å². The lowest BCUT2D eigenvalue weighted by Crippen LogP contribution is -2.35. The van der Waals surface area contributed by atoms with Crippen LogP contribution in [-0.2, 0) is 12.8 Å². The van der Waals surface area contributed by atoms with E-state index in [1.807, 2.05) is 18.2 Å². The smallest absolute Gasteiger partial charge is 0.251 e. The van der Waals surface area contributed by atoms with E-state index in [-0.39, 0.29) is 17.2 Å². The van der Waals surface area contributed by atoms with Gasteiger partial charge in [-0.2, -0.15) is 0 Å². The summed E-state index contributed by atoms with van der Waals surface area (Å²) in [4.78, 5) is 23.5. The Bertz CT molecular complexity index is 807. The predicted octanol–water partition coefficient (Wildman–Crippen LogP) is 2.48. The molecule has 1 aliphatic carbocycles. The van der Waals surface area contributed by atoms with E-state index in [9.17, 15) is 14.0 Å². The van der Waals surface area contributed by atoms with Crippen molar-refractivity contribution in [1.29, 1.82) is 0 Å². The normalized spacial score (nSPS) is 16.0. The molecule has 0 saturated carbocycles. The Labute approximate surface area is 137 Å². The molecule has 0 saturated heterocycles. The summed E-state index contributed by atoms with van der Waals surface area (Å²) in [6.07, 6.45) is 1.36. The highest BCUT2D eigenvalue weighted by atomic mass is 35.5. The Hall–Kier alpha value is -2.40. The van der Waals surface area contributed by atoms with Crippen LogP contribution in [0.3, 0.4) is 0 Å². The van der Waals surface area contributed by atoms with Gasteiger partial charge >= 0.3 is 0 Å². The third-order valence-corrected chi connectivity index (χ3v) is 4.12. The highest BCUT2D eigenvalue weighted by Crippen LogP contribution is 2.25.